The van der Waals surface area contributed by atoms with Gasteiger partial charge in [-0.25, -0.2) is 0 Å². The number of aryl methyl sites for hydroxylation is 2. The minimum Gasteiger partial charge on any atom is -0.324 e. The van der Waals surface area contributed by atoms with Crippen LogP contribution in [0.3, 0.4) is 0 Å². The van der Waals surface area contributed by atoms with Crippen LogP contribution in [0, 0.1) is 11.3 Å². The summed E-state index contributed by atoms with van der Waals surface area (Å²) < 4.78 is 0. The number of hydrogen-bond donors (Lipinski definition) is 1. The lowest BCUT2D eigenvalue weighted by Gasteiger charge is -2.30. The highest BCUT2D eigenvalue weighted by Crippen LogP contribution is 2.38. The number of rotatable bonds is 3. The molecule has 2 atom stereocenters. The van der Waals surface area contributed by atoms with E-state index in [1.165, 1.54) is 40.3 Å². The molecule has 2 unspecified atom stereocenters. The van der Waals surface area contributed by atoms with Crippen LogP contribution in [-0.4, -0.2) is 0 Å². The van der Waals surface area contributed by atoms with E-state index >= 15 is 0 Å². The normalized spacial score (nSPS) is 17.2. The summed E-state index contributed by atoms with van der Waals surface area (Å²) in [5, 5.41) is 2.87. The van der Waals surface area contributed by atoms with E-state index in [9.17, 15) is 0 Å². The largest absolute Gasteiger partial charge is 0.324 e. The van der Waals surface area contributed by atoms with Crippen LogP contribution in [0.1, 0.15) is 56.8 Å². The molecular formula is C20H27N. The summed E-state index contributed by atoms with van der Waals surface area (Å²) in [6.07, 6.45) is 3.41. The molecule has 0 heterocycles. The highest BCUT2D eigenvalue weighted by atomic mass is 14.6. The molecule has 2 aromatic rings. The van der Waals surface area contributed by atoms with E-state index in [0.717, 1.165) is 6.42 Å². The maximum Gasteiger partial charge on any atom is 0.0303 e. The Labute approximate surface area is 128 Å². The molecule has 0 spiro atoms. The van der Waals surface area contributed by atoms with E-state index in [-0.39, 0.29) is 6.04 Å². The molecule has 0 amide bonds. The van der Waals surface area contributed by atoms with Crippen molar-refractivity contribution in [3.05, 3.63) is 47.0 Å². The Kier molecular flexibility index (Phi) is 3.57. The topological polar surface area (TPSA) is 26.0 Å². The van der Waals surface area contributed by atoms with Crippen molar-refractivity contribution in [2.75, 3.05) is 0 Å². The fourth-order valence-corrected chi connectivity index (χ4v) is 3.45. The molecule has 0 saturated heterocycles. The second-order valence-electron chi connectivity index (χ2n) is 7.76. The first-order valence-corrected chi connectivity index (χ1v) is 8.17. The summed E-state index contributed by atoms with van der Waals surface area (Å²) in [5.74, 6) is 0.607. The molecule has 0 bridgehead atoms. The van der Waals surface area contributed by atoms with Gasteiger partial charge in [0, 0.05) is 6.04 Å². The molecule has 0 saturated carbocycles. The SMILES string of the molecule is CC(CC(N)c1ccc2c3c(cccc13)CC2)C(C)(C)C. The van der Waals surface area contributed by atoms with Crippen LogP contribution in [0.5, 0.6) is 0 Å². The average molecular weight is 281 g/mol. The summed E-state index contributed by atoms with van der Waals surface area (Å²) in [6.45, 7) is 9.23. The highest BCUT2D eigenvalue weighted by Gasteiger charge is 2.24. The molecule has 3 rings (SSSR count). The molecule has 0 fully saturated rings. The molecule has 2 aromatic carbocycles. The van der Waals surface area contributed by atoms with E-state index in [2.05, 4.69) is 58.0 Å². The van der Waals surface area contributed by atoms with E-state index in [1.54, 1.807) is 0 Å². The monoisotopic (exact) mass is 281 g/mol. The average Bonchev–Trinajstić information content (AvgIpc) is 2.83. The zero-order valence-electron chi connectivity index (χ0n) is 13.7. The minimum absolute atomic E-state index is 0.129. The van der Waals surface area contributed by atoms with Gasteiger partial charge in [0.05, 0.1) is 0 Å². The van der Waals surface area contributed by atoms with Gasteiger partial charge in [0.1, 0.15) is 0 Å². The van der Waals surface area contributed by atoms with Crippen molar-refractivity contribution in [1.82, 2.24) is 0 Å². The molecule has 1 nitrogen and oxygen atoms in total. The van der Waals surface area contributed by atoms with Gasteiger partial charge in [-0.2, -0.15) is 0 Å². The van der Waals surface area contributed by atoms with E-state index < -0.39 is 0 Å². The third kappa shape index (κ3) is 2.60. The Morgan fingerprint density at radius 1 is 1.05 bits per heavy atom. The molecule has 1 heteroatoms. The highest BCUT2D eigenvalue weighted by molar-refractivity contribution is 5.93. The third-order valence-corrected chi connectivity index (χ3v) is 5.40. The lowest BCUT2D eigenvalue weighted by Crippen LogP contribution is -2.23. The summed E-state index contributed by atoms with van der Waals surface area (Å²) in [6, 6.07) is 11.4. The predicted octanol–water partition coefficient (Wildman–Crippen LogP) is 5.01. The standard InChI is InChI=1S/C20H27N/c1-13(20(2,3)4)12-18(21)16-11-10-15-9-8-14-6-5-7-17(16)19(14)15/h5-7,10-11,13,18H,8-9,12,21H2,1-4H3. The van der Waals surface area contributed by atoms with E-state index in [0.29, 0.717) is 11.3 Å². The smallest absolute Gasteiger partial charge is 0.0303 e. The van der Waals surface area contributed by atoms with Gasteiger partial charge < -0.3 is 5.73 Å². The Bertz CT molecular complexity index is 653. The maximum absolute atomic E-state index is 6.58. The van der Waals surface area contributed by atoms with Crippen LogP contribution in [0.25, 0.3) is 10.8 Å². The molecule has 1 aliphatic rings. The number of nitrogens with two attached hydrogens (primary N) is 1. The lowest BCUT2D eigenvalue weighted by molar-refractivity contribution is 0.234. The van der Waals surface area contributed by atoms with Crippen LogP contribution in [0.15, 0.2) is 30.3 Å². The first kappa shape index (κ1) is 14.6. The Morgan fingerprint density at radius 3 is 2.38 bits per heavy atom. The van der Waals surface area contributed by atoms with Crippen molar-refractivity contribution in [3.8, 4) is 0 Å². The zero-order valence-corrected chi connectivity index (χ0v) is 13.7. The molecule has 1 aliphatic carbocycles. The van der Waals surface area contributed by atoms with Gasteiger partial charge in [-0.3, -0.25) is 0 Å². The number of benzene rings is 2. The lowest BCUT2D eigenvalue weighted by atomic mass is 9.77. The van der Waals surface area contributed by atoms with Crippen LogP contribution >= 0.6 is 0 Å². The summed E-state index contributed by atoms with van der Waals surface area (Å²) in [7, 11) is 0. The van der Waals surface area contributed by atoms with Crippen LogP contribution in [0.2, 0.25) is 0 Å². The van der Waals surface area contributed by atoms with Gasteiger partial charge in [-0.1, -0.05) is 58.0 Å². The van der Waals surface area contributed by atoms with Crippen molar-refractivity contribution in [3.63, 3.8) is 0 Å². The van der Waals surface area contributed by atoms with Gasteiger partial charge >= 0.3 is 0 Å². The van der Waals surface area contributed by atoms with E-state index in [4.69, 9.17) is 5.73 Å². The second-order valence-corrected chi connectivity index (χ2v) is 7.76. The van der Waals surface area contributed by atoms with Crippen molar-refractivity contribution in [2.24, 2.45) is 17.1 Å². The molecule has 112 valence electrons. The fraction of sp³-hybridized carbons (Fsp3) is 0.500. The van der Waals surface area contributed by atoms with Crippen molar-refractivity contribution < 1.29 is 0 Å². The van der Waals surface area contributed by atoms with E-state index in [1.807, 2.05) is 0 Å². The summed E-state index contributed by atoms with van der Waals surface area (Å²) in [5.41, 5.74) is 11.2. The van der Waals surface area contributed by atoms with Crippen molar-refractivity contribution in [2.45, 2.75) is 53.0 Å². The first-order chi connectivity index (χ1) is 9.88. The van der Waals surface area contributed by atoms with Gasteiger partial charge in [0.25, 0.3) is 0 Å². The molecule has 0 aromatic heterocycles. The van der Waals surface area contributed by atoms with Gasteiger partial charge in [-0.05, 0) is 58.1 Å². The maximum atomic E-state index is 6.58. The third-order valence-electron chi connectivity index (χ3n) is 5.40. The van der Waals surface area contributed by atoms with Gasteiger partial charge in [0.2, 0.25) is 0 Å². The Morgan fingerprint density at radius 2 is 1.71 bits per heavy atom. The van der Waals surface area contributed by atoms with Crippen LogP contribution in [0.4, 0.5) is 0 Å². The summed E-state index contributed by atoms with van der Waals surface area (Å²) >= 11 is 0. The molecule has 0 radical (unpaired) electrons. The second kappa shape index (κ2) is 5.14. The molecular weight excluding hydrogens is 254 g/mol. The van der Waals surface area contributed by atoms with Crippen molar-refractivity contribution in [1.29, 1.82) is 0 Å². The first-order valence-electron chi connectivity index (χ1n) is 8.17. The quantitative estimate of drug-likeness (QED) is 0.840. The van der Waals surface area contributed by atoms with Gasteiger partial charge in [-0.15, -0.1) is 0 Å². The molecule has 2 N–H and O–H groups in total. The Hall–Kier alpha value is -1.34. The van der Waals surface area contributed by atoms with Crippen LogP contribution < -0.4 is 5.73 Å². The zero-order chi connectivity index (χ0) is 15.2. The minimum atomic E-state index is 0.129. The fourth-order valence-electron chi connectivity index (χ4n) is 3.45. The molecule has 0 aliphatic heterocycles. The van der Waals surface area contributed by atoms with Crippen LogP contribution in [-0.2, 0) is 12.8 Å². The predicted molar refractivity (Wildman–Crippen MR) is 91.5 cm³/mol. The summed E-state index contributed by atoms with van der Waals surface area (Å²) in [4.78, 5) is 0. The van der Waals surface area contributed by atoms with Crippen molar-refractivity contribution >= 4 is 10.8 Å². The number of hydrogen-bond acceptors (Lipinski definition) is 1. The Balaban J connectivity index is 1.98. The van der Waals surface area contributed by atoms with Gasteiger partial charge in [0.15, 0.2) is 0 Å². The molecule has 21 heavy (non-hydrogen) atoms.